The van der Waals surface area contributed by atoms with Crippen molar-refractivity contribution in [3.8, 4) is 0 Å². The molecular weight excluding hydrogens is 386 g/mol. The zero-order chi connectivity index (χ0) is 17.8. The van der Waals surface area contributed by atoms with Gasteiger partial charge < -0.3 is 10.2 Å². The number of nitrogens with one attached hydrogen (secondary N) is 1. The second-order valence-corrected chi connectivity index (χ2v) is 6.86. The molecule has 0 spiro atoms. The number of rotatable bonds is 5. The van der Waals surface area contributed by atoms with Crippen molar-refractivity contribution in [2.75, 3.05) is 16.8 Å². The highest BCUT2D eigenvalue weighted by atomic mass is 79.9. The zero-order valence-electron chi connectivity index (χ0n) is 14.0. The average molecular weight is 406 g/mol. The Labute approximate surface area is 154 Å². The first-order valence-electron chi connectivity index (χ1n) is 8.39. The number of hydrogen-bond donors (Lipinski definition) is 1. The van der Waals surface area contributed by atoms with Crippen molar-refractivity contribution in [1.29, 1.82) is 0 Å². The summed E-state index contributed by atoms with van der Waals surface area (Å²) in [5, 5.41) is 14.9. The Morgan fingerprint density at radius 3 is 2.88 bits per heavy atom. The van der Waals surface area contributed by atoms with E-state index in [1.807, 2.05) is 24.3 Å². The van der Waals surface area contributed by atoms with Gasteiger partial charge in [-0.25, -0.2) is 9.97 Å². The molecule has 8 heteroatoms. The predicted molar refractivity (Wildman–Crippen MR) is 101 cm³/mol. The minimum atomic E-state index is -0.393. The summed E-state index contributed by atoms with van der Waals surface area (Å²) in [6.07, 6.45) is 5.53. The maximum atomic E-state index is 11.8. The van der Waals surface area contributed by atoms with Crippen LogP contribution in [-0.4, -0.2) is 27.5 Å². The molecule has 0 saturated carbocycles. The Morgan fingerprint density at radius 1 is 1.36 bits per heavy atom. The number of aromatic nitrogens is 2. The van der Waals surface area contributed by atoms with Crippen LogP contribution in [0.3, 0.4) is 0 Å². The topological polar surface area (TPSA) is 84.2 Å². The molecule has 0 amide bonds. The van der Waals surface area contributed by atoms with E-state index in [1.54, 1.807) is 0 Å². The second-order valence-electron chi connectivity index (χ2n) is 6.01. The van der Waals surface area contributed by atoms with Gasteiger partial charge in [0.05, 0.1) is 10.6 Å². The van der Waals surface area contributed by atoms with Crippen molar-refractivity contribution < 1.29 is 4.92 Å². The van der Waals surface area contributed by atoms with E-state index >= 15 is 0 Å². The summed E-state index contributed by atoms with van der Waals surface area (Å²) in [5.74, 6) is 0.614. The molecule has 1 aliphatic rings. The summed E-state index contributed by atoms with van der Waals surface area (Å²) in [6.45, 7) is 2.89. The highest BCUT2D eigenvalue weighted by molar-refractivity contribution is 9.10. The summed E-state index contributed by atoms with van der Waals surface area (Å²) in [4.78, 5) is 21.9. The molecule has 1 aromatic carbocycles. The molecule has 1 aromatic heterocycles. The van der Waals surface area contributed by atoms with Gasteiger partial charge in [0.1, 0.15) is 6.33 Å². The smallest absolute Gasteiger partial charge is 0.348 e. The number of halogens is 1. The van der Waals surface area contributed by atoms with E-state index in [1.165, 1.54) is 6.33 Å². The second kappa shape index (κ2) is 7.77. The Hall–Kier alpha value is -2.22. The quantitative estimate of drug-likeness (QED) is 0.574. The largest absolute Gasteiger partial charge is 0.353 e. The Balaban J connectivity index is 2.02. The lowest BCUT2D eigenvalue weighted by Gasteiger charge is -2.35. The lowest BCUT2D eigenvalue weighted by molar-refractivity contribution is -0.383. The highest BCUT2D eigenvalue weighted by Crippen LogP contribution is 2.37. The van der Waals surface area contributed by atoms with Crippen LogP contribution in [0, 0.1) is 10.1 Å². The fraction of sp³-hybridized carbons (Fsp3) is 0.412. The van der Waals surface area contributed by atoms with Crippen LogP contribution in [-0.2, 0) is 0 Å². The van der Waals surface area contributed by atoms with Gasteiger partial charge in [-0.15, -0.1) is 0 Å². The molecule has 2 aromatic rings. The SMILES string of the molecule is CCC1CCCCN1c1ncnc(Nc2ccccc2Br)c1[N+](=O)[O-]. The maximum Gasteiger partial charge on any atom is 0.353 e. The van der Waals surface area contributed by atoms with Crippen molar-refractivity contribution in [3.05, 3.63) is 45.2 Å². The molecule has 1 fully saturated rings. The summed E-state index contributed by atoms with van der Waals surface area (Å²) in [6, 6.07) is 7.73. The third-order valence-electron chi connectivity index (χ3n) is 4.48. The van der Waals surface area contributed by atoms with Gasteiger partial charge in [0.2, 0.25) is 11.6 Å². The fourth-order valence-corrected chi connectivity index (χ4v) is 3.62. The number of anilines is 3. The monoisotopic (exact) mass is 405 g/mol. The molecule has 25 heavy (non-hydrogen) atoms. The number of nitro groups is 1. The van der Waals surface area contributed by atoms with Crippen LogP contribution in [0.1, 0.15) is 32.6 Å². The predicted octanol–water partition coefficient (Wildman–Crippen LogP) is 4.66. The minimum Gasteiger partial charge on any atom is -0.348 e. The highest BCUT2D eigenvalue weighted by Gasteiger charge is 2.31. The molecule has 1 saturated heterocycles. The van der Waals surface area contributed by atoms with Crippen LogP contribution in [0.4, 0.5) is 23.0 Å². The van der Waals surface area contributed by atoms with Crippen molar-refractivity contribution in [2.45, 2.75) is 38.6 Å². The van der Waals surface area contributed by atoms with Crippen LogP contribution >= 0.6 is 15.9 Å². The number of hydrogen-bond acceptors (Lipinski definition) is 6. The number of nitrogens with zero attached hydrogens (tertiary/aromatic N) is 4. The third kappa shape index (κ3) is 3.73. The number of piperidine rings is 1. The lowest BCUT2D eigenvalue weighted by atomic mass is 10.00. The van der Waals surface area contributed by atoms with Gasteiger partial charge in [0.25, 0.3) is 0 Å². The number of para-hydroxylation sites is 1. The summed E-state index contributed by atoms with van der Waals surface area (Å²) in [7, 11) is 0. The van der Waals surface area contributed by atoms with Crippen molar-refractivity contribution in [3.63, 3.8) is 0 Å². The molecule has 1 N–H and O–H groups in total. The molecule has 132 valence electrons. The van der Waals surface area contributed by atoms with Crippen LogP contribution in [0.15, 0.2) is 35.1 Å². The maximum absolute atomic E-state index is 11.8. The molecule has 0 aliphatic carbocycles. The van der Waals surface area contributed by atoms with E-state index in [0.717, 1.165) is 42.4 Å². The van der Waals surface area contributed by atoms with E-state index in [9.17, 15) is 10.1 Å². The third-order valence-corrected chi connectivity index (χ3v) is 5.17. The Morgan fingerprint density at radius 2 is 2.16 bits per heavy atom. The first kappa shape index (κ1) is 17.6. The van der Waals surface area contributed by atoms with Crippen molar-refractivity contribution in [2.24, 2.45) is 0 Å². The normalized spacial score (nSPS) is 17.4. The zero-order valence-corrected chi connectivity index (χ0v) is 15.6. The van der Waals surface area contributed by atoms with Gasteiger partial charge >= 0.3 is 5.69 Å². The van der Waals surface area contributed by atoms with Gasteiger partial charge in [-0.2, -0.15) is 0 Å². The molecule has 1 unspecified atom stereocenters. The molecule has 2 heterocycles. The Bertz CT molecular complexity index is 770. The van der Waals surface area contributed by atoms with Gasteiger partial charge in [0, 0.05) is 17.1 Å². The lowest BCUT2D eigenvalue weighted by Crippen LogP contribution is -2.40. The van der Waals surface area contributed by atoms with Crippen LogP contribution in [0.5, 0.6) is 0 Å². The van der Waals surface area contributed by atoms with E-state index in [2.05, 4.69) is 43.0 Å². The molecule has 1 atom stereocenters. The standard InChI is InChI=1S/C17H20BrN5O2/c1-2-12-7-5-6-10-22(12)17-15(23(24)25)16(19-11-20-17)21-14-9-4-3-8-13(14)18/h3-4,8-9,11-12H,2,5-7,10H2,1H3,(H,19,20,21). The first-order valence-corrected chi connectivity index (χ1v) is 9.18. The Kier molecular flexibility index (Phi) is 5.47. The van der Waals surface area contributed by atoms with E-state index in [-0.39, 0.29) is 17.5 Å². The van der Waals surface area contributed by atoms with Crippen LogP contribution in [0.2, 0.25) is 0 Å². The van der Waals surface area contributed by atoms with Gasteiger partial charge in [-0.1, -0.05) is 19.1 Å². The van der Waals surface area contributed by atoms with Crippen LogP contribution < -0.4 is 10.2 Å². The van der Waals surface area contributed by atoms with Gasteiger partial charge in [-0.3, -0.25) is 10.1 Å². The first-order chi connectivity index (χ1) is 12.1. The molecular formula is C17H20BrN5O2. The van der Waals surface area contributed by atoms with Crippen molar-refractivity contribution in [1.82, 2.24) is 9.97 Å². The van der Waals surface area contributed by atoms with E-state index < -0.39 is 4.92 Å². The fourth-order valence-electron chi connectivity index (χ4n) is 3.23. The van der Waals surface area contributed by atoms with E-state index in [0.29, 0.717) is 5.82 Å². The number of benzene rings is 1. The van der Waals surface area contributed by atoms with Crippen molar-refractivity contribution >= 4 is 38.9 Å². The molecule has 3 rings (SSSR count). The molecule has 7 nitrogen and oxygen atoms in total. The van der Waals surface area contributed by atoms with E-state index in [4.69, 9.17) is 0 Å². The van der Waals surface area contributed by atoms with Gasteiger partial charge in [0.15, 0.2) is 0 Å². The average Bonchev–Trinajstić information content (AvgIpc) is 2.63. The van der Waals surface area contributed by atoms with Crippen LogP contribution in [0.25, 0.3) is 0 Å². The minimum absolute atomic E-state index is 0.0707. The molecule has 0 bridgehead atoms. The molecule has 1 aliphatic heterocycles. The summed E-state index contributed by atoms with van der Waals surface area (Å²) >= 11 is 3.45. The summed E-state index contributed by atoms with van der Waals surface area (Å²) in [5.41, 5.74) is 0.652. The molecule has 0 radical (unpaired) electrons. The van der Waals surface area contributed by atoms with Gasteiger partial charge in [-0.05, 0) is 53.7 Å². The summed E-state index contributed by atoms with van der Waals surface area (Å²) < 4.78 is 0.814.